The highest BCUT2D eigenvalue weighted by Gasteiger charge is 2.21. The van der Waals surface area contributed by atoms with E-state index >= 15 is 0 Å². The summed E-state index contributed by atoms with van der Waals surface area (Å²) in [6, 6.07) is 4.31. The topological polar surface area (TPSA) is 50.4 Å². The van der Waals surface area contributed by atoms with Gasteiger partial charge in [0.25, 0.3) is 0 Å². The van der Waals surface area contributed by atoms with Gasteiger partial charge in [-0.3, -0.25) is 4.79 Å². The molecule has 1 amide bonds. The van der Waals surface area contributed by atoms with Crippen molar-refractivity contribution in [2.24, 2.45) is 0 Å². The first kappa shape index (κ1) is 15.7. The highest BCUT2D eigenvalue weighted by Crippen LogP contribution is 2.16. The summed E-state index contributed by atoms with van der Waals surface area (Å²) < 4.78 is 18.2. The van der Waals surface area contributed by atoms with Crippen LogP contribution in [-0.2, 0) is 11.3 Å². The SMILES string of the molecule is COc1cc(F)cc(CNC(=O)C2CCCN2)c1.Cl. The molecule has 0 radical (unpaired) electrons. The number of hydrogen-bond donors (Lipinski definition) is 2. The average molecular weight is 289 g/mol. The van der Waals surface area contributed by atoms with Crippen molar-refractivity contribution in [2.75, 3.05) is 13.7 Å². The second-order valence-corrected chi connectivity index (χ2v) is 4.37. The van der Waals surface area contributed by atoms with E-state index in [-0.39, 0.29) is 30.2 Å². The summed E-state index contributed by atoms with van der Waals surface area (Å²) in [5, 5.41) is 5.91. The van der Waals surface area contributed by atoms with Gasteiger partial charge in [-0.25, -0.2) is 4.39 Å². The monoisotopic (exact) mass is 288 g/mol. The van der Waals surface area contributed by atoms with Crippen molar-refractivity contribution in [3.8, 4) is 5.75 Å². The smallest absolute Gasteiger partial charge is 0.237 e. The van der Waals surface area contributed by atoms with E-state index in [4.69, 9.17) is 4.74 Å². The number of ether oxygens (including phenoxy) is 1. The van der Waals surface area contributed by atoms with Crippen LogP contribution < -0.4 is 15.4 Å². The Kier molecular flexibility index (Phi) is 6.05. The molecule has 0 spiro atoms. The van der Waals surface area contributed by atoms with E-state index in [0.717, 1.165) is 19.4 Å². The van der Waals surface area contributed by atoms with E-state index in [9.17, 15) is 9.18 Å². The third-order valence-electron chi connectivity index (χ3n) is 3.01. The first-order chi connectivity index (χ1) is 8.69. The molecule has 1 unspecified atom stereocenters. The Balaban J connectivity index is 0.00000180. The van der Waals surface area contributed by atoms with Crippen LogP contribution in [0.25, 0.3) is 0 Å². The summed E-state index contributed by atoms with van der Waals surface area (Å²) in [6.07, 6.45) is 1.88. The zero-order valence-corrected chi connectivity index (χ0v) is 11.6. The van der Waals surface area contributed by atoms with Gasteiger partial charge in [-0.2, -0.15) is 0 Å². The fraction of sp³-hybridized carbons (Fsp3) is 0.462. The van der Waals surface area contributed by atoms with Gasteiger partial charge in [0.15, 0.2) is 0 Å². The van der Waals surface area contributed by atoms with Crippen LogP contribution in [0.15, 0.2) is 18.2 Å². The summed E-state index contributed by atoms with van der Waals surface area (Å²) in [6.45, 7) is 1.19. The van der Waals surface area contributed by atoms with E-state index in [2.05, 4.69) is 10.6 Å². The van der Waals surface area contributed by atoms with Crippen LogP contribution in [0, 0.1) is 5.82 Å². The van der Waals surface area contributed by atoms with Crippen molar-refractivity contribution in [1.82, 2.24) is 10.6 Å². The minimum absolute atomic E-state index is 0. The van der Waals surface area contributed by atoms with Gasteiger partial charge in [-0.1, -0.05) is 0 Å². The van der Waals surface area contributed by atoms with Crippen molar-refractivity contribution in [3.63, 3.8) is 0 Å². The molecular formula is C13H18ClFN2O2. The molecule has 1 fully saturated rings. The Labute approximate surface area is 118 Å². The number of carbonyl (C=O) groups excluding carboxylic acids is 1. The number of halogens is 2. The van der Waals surface area contributed by atoms with Crippen LogP contribution >= 0.6 is 12.4 Å². The molecule has 1 aliphatic heterocycles. The Morgan fingerprint density at radius 2 is 2.32 bits per heavy atom. The fourth-order valence-electron chi connectivity index (χ4n) is 2.06. The summed E-state index contributed by atoms with van der Waals surface area (Å²) in [7, 11) is 1.49. The van der Waals surface area contributed by atoms with E-state index in [0.29, 0.717) is 17.9 Å². The third kappa shape index (κ3) is 4.36. The highest BCUT2D eigenvalue weighted by molar-refractivity contribution is 5.85. The zero-order valence-electron chi connectivity index (χ0n) is 10.7. The molecule has 1 aromatic rings. The third-order valence-corrected chi connectivity index (χ3v) is 3.01. The molecule has 2 N–H and O–H groups in total. The van der Waals surface area contributed by atoms with E-state index in [1.807, 2.05) is 0 Å². The van der Waals surface area contributed by atoms with Crippen molar-refractivity contribution in [2.45, 2.75) is 25.4 Å². The lowest BCUT2D eigenvalue weighted by molar-refractivity contribution is -0.122. The summed E-state index contributed by atoms with van der Waals surface area (Å²) in [5.41, 5.74) is 0.693. The second kappa shape index (κ2) is 7.31. The first-order valence-corrected chi connectivity index (χ1v) is 6.03. The molecule has 0 bridgehead atoms. The van der Waals surface area contributed by atoms with Crippen molar-refractivity contribution in [1.29, 1.82) is 0 Å². The standard InChI is InChI=1S/C13H17FN2O2.ClH/c1-18-11-6-9(5-10(14)7-11)8-16-13(17)12-3-2-4-15-12;/h5-7,12,15H,2-4,8H2,1H3,(H,16,17);1H. The van der Waals surface area contributed by atoms with Gasteiger partial charge in [0.05, 0.1) is 13.2 Å². The van der Waals surface area contributed by atoms with Gasteiger partial charge in [0.1, 0.15) is 11.6 Å². The number of nitrogens with one attached hydrogen (secondary N) is 2. The van der Waals surface area contributed by atoms with E-state index in [1.165, 1.54) is 19.2 Å². The minimum Gasteiger partial charge on any atom is -0.497 e. The number of carbonyl (C=O) groups is 1. The van der Waals surface area contributed by atoms with Crippen molar-refractivity contribution in [3.05, 3.63) is 29.6 Å². The molecule has 0 saturated carbocycles. The predicted molar refractivity (Wildman–Crippen MR) is 73.1 cm³/mol. The molecule has 1 saturated heterocycles. The molecule has 1 aromatic carbocycles. The van der Waals surface area contributed by atoms with Gasteiger partial charge < -0.3 is 15.4 Å². The molecular weight excluding hydrogens is 271 g/mol. The first-order valence-electron chi connectivity index (χ1n) is 6.03. The summed E-state index contributed by atoms with van der Waals surface area (Å²) in [5.74, 6) is 0.0616. The van der Waals surface area contributed by atoms with Crippen LogP contribution in [0.3, 0.4) is 0 Å². The van der Waals surface area contributed by atoms with Crippen molar-refractivity contribution >= 4 is 18.3 Å². The predicted octanol–water partition coefficient (Wildman–Crippen LogP) is 1.62. The van der Waals surface area contributed by atoms with Crippen LogP contribution in [0.2, 0.25) is 0 Å². The van der Waals surface area contributed by atoms with Crippen LogP contribution in [0.5, 0.6) is 5.75 Å². The fourth-order valence-corrected chi connectivity index (χ4v) is 2.06. The minimum atomic E-state index is -0.363. The van der Waals surface area contributed by atoms with Gasteiger partial charge >= 0.3 is 0 Å². The Bertz CT molecular complexity index is 437. The molecule has 19 heavy (non-hydrogen) atoms. The lowest BCUT2D eigenvalue weighted by Crippen LogP contribution is -2.40. The number of hydrogen-bond acceptors (Lipinski definition) is 3. The maximum atomic E-state index is 13.2. The van der Waals surface area contributed by atoms with Crippen LogP contribution in [0.4, 0.5) is 4.39 Å². The maximum Gasteiger partial charge on any atom is 0.237 e. The average Bonchev–Trinajstić information content (AvgIpc) is 2.89. The number of amides is 1. The van der Waals surface area contributed by atoms with Gasteiger partial charge in [-0.05, 0) is 37.1 Å². The number of rotatable bonds is 4. The Morgan fingerprint density at radius 3 is 2.95 bits per heavy atom. The molecule has 106 valence electrons. The quantitative estimate of drug-likeness (QED) is 0.885. The molecule has 1 atom stereocenters. The molecule has 6 heteroatoms. The number of methoxy groups -OCH3 is 1. The van der Waals surface area contributed by atoms with Gasteiger partial charge in [0.2, 0.25) is 5.91 Å². The second-order valence-electron chi connectivity index (χ2n) is 4.37. The largest absolute Gasteiger partial charge is 0.497 e. The van der Waals surface area contributed by atoms with E-state index in [1.54, 1.807) is 6.07 Å². The van der Waals surface area contributed by atoms with Crippen LogP contribution in [0.1, 0.15) is 18.4 Å². The molecule has 2 rings (SSSR count). The Hall–Kier alpha value is -1.33. The maximum absolute atomic E-state index is 13.2. The lowest BCUT2D eigenvalue weighted by Gasteiger charge is -2.11. The number of benzene rings is 1. The highest BCUT2D eigenvalue weighted by atomic mass is 35.5. The van der Waals surface area contributed by atoms with Crippen molar-refractivity contribution < 1.29 is 13.9 Å². The molecule has 4 nitrogen and oxygen atoms in total. The van der Waals surface area contributed by atoms with Gasteiger partial charge in [-0.15, -0.1) is 12.4 Å². The molecule has 1 heterocycles. The van der Waals surface area contributed by atoms with Gasteiger partial charge in [0, 0.05) is 12.6 Å². The zero-order chi connectivity index (χ0) is 13.0. The molecule has 0 aliphatic carbocycles. The summed E-state index contributed by atoms with van der Waals surface area (Å²) >= 11 is 0. The lowest BCUT2D eigenvalue weighted by atomic mass is 10.2. The van der Waals surface area contributed by atoms with E-state index < -0.39 is 0 Å². The summed E-state index contributed by atoms with van der Waals surface area (Å²) in [4.78, 5) is 11.8. The molecule has 1 aliphatic rings. The molecule has 0 aromatic heterocycles. The Morgan fingerprint density at radius 1 is 1.53 bits per heavy atom. The normalized spacial score (nSPS) is 17.7. The van der Waals surface area contributed by atoms with Crippen LogP contribution in [-0.4, -0.2) is 25.6 Å².